The molecule has 3 nitrogen and oxygen atoms in total. The van der Waals surface area contributed by atoms with Crippen LogP contribution in [0.4, 0.5) is 0 Å². The lowest BCUT2D eigenvalue weighted by Crippen LogP contribution is -2.53. The number of phenols is 1. The number of Topliss-reactive ketones (excluding diaryl/α,β-unsaturated/α-hetero) is 1. The largest absolute Gasteiger partial charge is 0.508 e. The predicted octanol–water partition coefficient (Wildman–Crippen LogP) is 4.34. The topological polar surface area (TPSA) is 40.5 Å². The van der Waals surface area contributed by atoms with Crippen molar-refractivity contribution in [3.8, 4) is 5.75 Å². The third-order valence-electron chi connectivity index (χ3n) is 5.39. The second-order valence-electron chi connectivity index (χ2n) is 6.81. The molecular weight excluding hydrogens is 322 g/mol. The molecule has 2 bridgehead atoms. The average Bonchev–Trinajstić information content (AvgIpc) is 2.58. The molecule has 0 aromatic heterocycles. The summed E-state index contributed by atoms with van der Waals surface area (Å²) >= 11 is 6.36. The van der Waals surface area contributed by atoms with Crippen molar-refractivity contribution in [2.45, 2.75) is 37.9 Å². The number of fused-ring (bicyclic) bond motifs is 3. The number of carbonyl (C=O) groups is 1. The maximum atomic E-state index is 12.5. The smallest absolute Gasteiger partial charge is 0.139 e. The van der Waals surface area contributed by atoms with Crippen LogP contribution in [-0.2, 0) is 11.3 Å². The standard InChI is InChI=1S/C20H20ClNO2/c21-18-7-2-1-4-14(18)12-22-15-8-9-17(19(24)11-15)20(22)13-5-3-6-16(23)10-13/h1-7,10,15,17,20,23H,8-9,11-12H2. The molecule has 3 unspecified atom stereocenters. The van der Waals surface area contributed by atoms with Crippen molar-refractivity contribution in [3.05, 3.63) is 64.7 Å². The molecule has 124 valence electrons. The van der Waals surface area contributed by atoms with Gasteiger partial charge in [0.15, 0.2) is 0 Å². The third kappa shape index (κ3) is 2.72. The molecule has 3 aliphatic rings. The molecule has 3 fully saturated rings. The number of hydrogen-bond donors (Lipinski definition) is 1. The highest BCUT2D eigenvalue weighted by Crippen LogP contribution is 2.47. The fraction of sp³-hybridized carbons (Fsp3) is 0.350. The first-order valence-electron chi connectivity index (χ1n) is 8.44. The highest BCUT2D eigenvalue weighted by molar-refractivity contribution is 6.31. The van der Waals surface area contributed by atoms with E-state index in [1.54, 1.807) is 12.1 Å². The Morgan fingerprint density at radius 1 is 1.12 bits per heavy atom. The number of ketones is 1. The first kappa shape index (κ1) is 15.7. The van der Waals surface area contributed by atoms with Crippen LogP contribution in [0.25, 0.3) is 0 Å². The molecule has 3 atom stereocenters. The van der Waals surface area contributed by atoms with Gasteiger partial charge < -0.3 is 5.11 Å². The van der Waals surface area contributed by atoms with Gasteiger partial charge in [-0.2, -0.15) is 0 Å². The van der Waals surface area contributed by atoms with Crippen molar-refractivity contribution in [1.29, 1.82) is 0 Å². The maximum absolute atomic E-state index is 12.5. The molecular formula is C20H20ClNO2. The number of nitrogens with zero attached hydrogens (tertiary/aromatic N) is 1. The van der Waals surface area contributed by atoms with Crippen molar-refractivity contribution >= 4 is 17.4 Å². The number of aromatic hydroxyl groups is 1. The molecule has 24 heavy (non-hydrogen) atoms. The molecule has 2 aliphatic heterocycles. The van der Waals surface area contributed by atoms with Gasteiger partial charge in [0.05, 0.1) is 0 Å². The minimum atomic E-state index is 0.0132. The van der Waals surface area contributed by atoms with E-state index in [1.165, 1.54) is 0 Å². The molecule has 5 rings (SSSR count). The normalized spacial score (nSPS) is 26.7. The van der Waals surface area contributed by atoms with E-state index in [0.717, 1.165) is 35.5 Å². The fourth-order valence-corrected chi connectivity index (χ4v) is 4.47. The summed E-state index contributed by atoms with van der Waals surface area (Å²) in [7, 11) is 0. The van der Waals surface area contributed by atoms with Gasteiger partial charge >= 0.3 is 0 Å². The predicted molar refractivity (Wildman–Crippen MR) is 94.0 cm³/mol. The molecule has 0 radical (unpaired) electrons. The van der Waals surface area contributed by atoms with Crippen molar-refractivity contribution < 1.29 is 9.90 Å². The van der Waals surface area contributed by atoms with E-state index in [-0.39, 0.29) is 23.8 Å². The van der Waals surface area contributed by atoms with E-state index < -0.39 is 0 Å². The molecule has 0 spiro atoms. The van der Waals surface area contributed by atoms with E-state index in [2.05, 4.69) is 4.90 Å². The first-order valence-corrected chi connectivity index (χ1v) is 8.82. The Kier molecular flexibility index (Phi) is 4.07. The lowest BCUT2D eigenvalue weighted by Gasteiger charge is -2.51. The lowest BCUT2D eigenvalue weighted by atomic mass is 9.71. The Morgan fingerprint density at radius 3 is 2.71 bits per heavy atom. The van der Waals surface area contributed by atoms with Gasteiger partial charge in [0.1, 0.15) is 11.5 Å². The quantitative estimate of drug-likeness (QED) is 0.902. The highest BCUT2D eigenvalue weighted by Gasteiger charge is 2.47. The number of carbonyl (C=O) groups excluding carboxylic acids is 1. The van der Waals surface area contributed by atoms with Crippen LogP contribution in [0.5, 0.6) is 5.75 Å². The van der Waals surface area contributed by atoms with Crippen LogP contribution in [0.15, 0.2) is 48.5 Å². The Morgan fingerprint density at radius 2 is 1.96 bits per heavy atom. The summed E-state index contributed by atoms with van der Waals surface area (Å²) in [4.78, 5) is 14.9. The van der Waals surface area contributed by atoms with Crippen molar-refractivity contribution in [1.82, 2.24) is 4.90 Å². The number of rotatable bonds is 3. The molecule has 0 amide bonds. The van der Waals surface area contributed by atoms with Crippen LogP contribution in [0.1, 0.15) is 36.4 Å². The molecule has 2 saturated heterocycles. The van der Waals surface area contributed by atoms with E-state index in [1.807, 2.05) is 36.4 Å². The van der Waals surface area contributed by atoms with Crippen molar-refractivity contribution in [2.24, 2.45) is 5.92 Å². The molecule has 1 N–H and O–H groups in total. The number of hydrogen-bond acceptors (Lipinski definition) is 3. The summed E-state index contributed by atoms with van der Waals surface area (Å²) in [6.45, 7) is 0.731. The van der Waals surface area contributed by atoms with Gasteiger partial charge in [-0.15, -0.1) is 0 Å². The van der Waals surface area contributed by atoms with Crippen LogP contribution in [0, 0.1) is 5.92 Å². The summed E-state index contributed by atoms with van der Waals surface area (Å²) < 4.78 is 0. The summed E-state index contributed by atoms with van der Waals surface area (Å²) in [5, 5.41) is 10.6. The average molecular weight is 342 g/mol. The zero-order valence-electron chi connectivity index (χ0n) is 13.4. The van der Waals surface area contributed by atoms with Crippen LogP contribution in [0.2, 0.25) is 5.02 Å². The Hall–Kier alpha value is -1.84. The molecule has 1 saturated carbocycles. The molecule has 2 aromatic carbocycles. The molecule has 4 heteroatoms. The van der Waals surface area contributed by atoms with Crippen molar-refractivity contribution in [3.63, 3.8) is 0 Å². The van der Waals surface area contributed by atoms with E-state index >= 15 is 0 Å². The van der Waals surface area contributed by atoms with Gasteiger partial charge in [0.25, 0.3) is 0 Å². The first-order chi connectivity index (χ1) is 11.6. The van der Waals surface area contributed by atoms with Gasteiger partial charge in [0, 0.05) is 36.0 Å². The van der Waals surface area contributed by atoms with Crippen LogP contribution in [-0.4, -0.2) is 21.8 Å². The maximum Gasteiger partial charge on any atom is 0.139 e. The van der Waals surface area contributed by atoms with Gasteiger partial charge in [-0.25, -0.2) is 0 Å². The second kappa shape index (κ2) is 6.23. The monoisotopic (exact) mass is 341 g/mol. The van der Waals surface area contributed by atoms with Crippen molar-refractivity contribution in [2.75, 3.05) is 0 Å². The zero-order chi connectivity index (χ0) is 16.7. The van der Waals surface area contributed by atoms with E-state index in [9.17, 15) is 9.90 Å². The number of piperidine rings is 2. The minimum Gasteiger partial charge on any atom is -0.508 e. The fourth-order valence-electron chi connectivity index (χ4n) is 4.28. The number of phenolic OH excluding ortho intramolecular Hbond substituents is 1. The zero-order valence-corrected chi connectivity index (χ0v) is 14.1. The Balaban J connectivity index is 1.72. The lowest BCUT2D eigenvalue weighted by molar-refractivity contribution is -0.138. The SMILES string of the molecule is O=C1CC2CCC1C(c1cccc(O)c1)N2Cc1ccccc1Cl. The second-order valence-corrected chi connectivity index (χ2v) is 7.22. The number of halogens is 1. The van der Waals surface area contributed by atoms with E-state index in [0.29, 0.717) is 12.2 Å². The van der Waals surface area contributed by atoms with Gasteiger partial charge in [-0.05, 0) is 42.2 Å². The van der Waals surface area contributed by atoms with Crippen LogP contribution >= 0.6 is 11.6 Å². The van der Waals surface area contributed by atoms with Gasteiger partial charge in [-0.1, -0.05) is 41.9 Å². The minimum absolute atomic E-state index is 0.0132. The number of benzene rings is 2. The summed E-state index contributed by atoms with van der Waals surface area (Å²) in [6.07, 6.45) is 2.61. The molecule has 2 heterocycles. The van der Waals surface area contributed by atoms with Gasteiger partial charge in [0.2, 0.25) is 0 Å². The molecule has 2 aromatic rings. The summed E-state index contributed by atoms with van der Waals surface area (Å²) in [5.74, 6) is 0.619. The molecule has 1 aliphatic carbocycles. The summed E-state index contributed by atoms with van der Waals surface area (Å²) in [5.41, 5.74) is 2.11. The highest BCUT2D eigenvalue weighted by atomic mass is 35.5. The Labute approximate surface area is 146 Å². The van der Waals surface area contributed by atoms with Crippen LogP contribution in [0.3, 0.4) is 0 Å². The summed E-state index contributed by atoms with van der Waals surface area (Å²) in [6, 6.07) is 15.5. The van der Waals surface area contributed by atoms with E-state index in [4.69, 9.17) is 11.6 Å². The van der Waals surface area contributed by atoms with Gasteiger partial charge in [-0.3, -0.25) is 9.69 Å². The van der Waals surface area contributed by atoms with Crippen LogP contribution < -0.4 is 0 Å². The Bertz CT molecular complexity index is 776. The third-order valence-corrected chi connectivity index (χ3v) is 5.76.